The summed E-state index contributed by atoms with van der Waals surface area (Å²) in [6.07, 6.45) is 3.00. The molecule has 1 saturated heterocycles. The lowest BCUT2D eigenvalue weighted by Crippen LogP contribution is -2.46. The van der Waals surface area contributed by atoms with Gasteiger partial charge in [-0.25, -0.2) is 0 Å². The molecule has 1 aromatic rings. The minimum absolute atomic E-state index is 0.352. The summed E-state index contributed by atoms with van der Waals surface area (Å²) < 4.78 is 5.54. The molecule has 96 valence electrons. The van der Waals surface area contributed by atoms with Crippen molar-refractivity contribution in [1.29, 1.82) is 0 Å². The molecular formula is C12H22N4O. The van der Waals surface area contributed by atoms with Gasteiger partial charge in [-0.15, -0.1) is 10.2 Å². The van der Waals surface area contributed by atoms with Gasteiger partial charge in [0.1, 0.15) is 0 Å². The summed E-state index contributed by atoms with van der Waals surface area (Å²) in [6, 6.07) is 0.352. The number of hydrogen-bond donors (Lipinski definition) is 1. The van der Waals surface area contributed by atoms with Crippen LogP contribution in [0.1, 0.15) is 38.5 Å². The van der Waals surface area contributed by atoms with E-state index in [0.717, 1.165) is 50.7 Å². The molecule has 1 aliphatic heterocycles. The van der Waals surface area contributed by atoms with Crippen molar-refractivity contribution in [3.63, 3.8) is 0 Å². The molecule has 5 nitrogen and oxygen atoms in total. The fourth-order valence-electron chi connectivity index (χ4n) is 2.39. The SMILES string of the molecule is CCc1nnc(CN2CCC(N)C(CC)C2)o1. The maximum absolute atomic E-state index is 6.09. The fraction of sp³-hybridized carbons (Fsp3) is 0.833. The molecule has 2 unspecified atom stereocenters. The lowest BCUT2D eigenvalue weighted by molar-refractivity contribution is 0.134. The van der Waals surface area contributed by atoms with E-state index in [9.17, 15) is 0 Å². The van der Waals surface area contributed by atoms with Crippen molar-refractivity contribution in [1.82, 2.24) is 15.1 Å². The van der Waals surface area contributed by atoms with Crippen LogP contribution in [0, 0.1) is 5.92 Å². The van der Waals surface area contributed by atoms with Gasteiger partial charge < -0.3 is 10.2 Å². The number of nitrogens with two attached hydrogens (primary N) is 1. The third-order valence-electron chi connectivity index (χ3n) is 3.57. The monoisotopic (exact) mass is 238 g/mol. The predicted molar refractivity (Wildman–Crippen MR) is 65.3 cm³/mol. The van der Waals surface area contributed by atoms with E-state index in [0.29, 0.717) is 12.0 Å². The molecule has 0 spiro atoms. The highest BCUT2D eigenvalue weighted by atomic mass is 16.4. The van der Waals surface area contributed by atoms with Crippen LogP contribution in [0.15, 0.2) is 4.42 Å². The first-order chi connectivity index (χ1) is 8.22. The minimum atomic E-state index is 0.352. The van der Waals surface area contributed by atoms with Crippen LogP contribution in [0.5, 0.6) is 0 Å². The minimum Gasteiger partial charge on any atom is -0.424 e. The average molecular weight is 238 g/mol. The highest BCUT2D eigenvalue weighted by Crippen LogP contribution is 2.19. The van der Waals surface area contributed by atoms with Gasteiger partial charge in [0.25, 0.3) is 0 Å². The van der Waals surface area contributed by atoms with Crippen molar-refractivity contribution in [2.75, 3.05) is 13.1 Å². The van der Waals surface area contributed by atoms with Gasteiger partial charge in [-0.2, -0.15) is 0 Å². The number of aryl methyl sites for hydroxylation is 1. The highest BCUT2D eigenvalue weighted by Gasteiger charge is 2.26. The second-order valence-corrected chi connectivity index (χ2v) is 4.80. The van der Waals surface area contributed by atoms with Gasteiger partial charge in [0, 0.05) is 25.6 Å². The van der Waals surface area contributed by atoms with Crippen molar-refractivity contribution in [2.45, 2.75) is 45.7 Å². The molecule has 0 radical (unpaired) electrons. The lowest BCUT2D eigenvalue weighted by atomic mass is 9.91. The van der Waals surface area contributed by atoms with E-state index in [-0.39, 0.29) is 0 Å². The smallest absolute Gasteiger partial charge is 0.230 e. The van der Waals surface area contributed by atoms with Gasteiger partial charge in [0.2, 0.25) is 11.8 Å². The van der Waals surface area contributed by atoms with Crippen LogP contribution in [-0.2, 0) is 13.0 Å². The van der Waals surface area contributed by atoms with Crippen molar-refractivity contribution < 1.29 is 4.42 Å². The Morgan fingerprint density at radius 1 is 1.35 bits per heavy atom. The lowest BCUT2D eigenvalue weighted by Gasteiger charge is -2.35. The van der Waals surface area contributed by atoms with Gasteiger partial charge in [-0.1, -0.05) is 20.3 Å². The molecule has 0 aromatic carbocycles. The molecule has 5 heteroatoms. The zero-order valence-electron chi connectivity index (χ0n) is 10.7. The zero-order chi connectivity index (χ0) is 12.3. The number of likely N-dealkylation sites (tertiary alicyclic amines) is 1. The van der Waals surface area contributed by atoms with Crippen LogP contribution in [0.25, 0.3) is 0 Å². The number of piperidine rings is 1. The van der Waals surface area contributed by atoms with E-state index < -0.39 is 0 Å². The molecule has 2 heterocycles. The Balaban J connectivity index is 1.90. The zero-order valence-corrected chi connectivity index (χ0v) is 10.7. The van der Waals surface area contributed by atoms with Gasteiger partial charge in [-0.3, -0.25) is 4.90 Å². The van der Waals surface area contributed by atoms with E-state index >= 15 is 0 Å². The van der Waals surface area contributed by atoms with E-state index in [1.807, 2.05) is 6.92 Å². The third-order valence-corrected chi connectivity index (χ3v) is 3.57. The second kappa shape index (κ2) is 5.60. The largest absolute Gasteiger partial charge is 0.424 e. The van der Waals surface area contributed by atoms with Crippen LogP contribution in [0.3, 0.4) is 0 Å². The average Bonchev–Trinajstić information content (AvgIpc) is 2.79. The summed E-state index contributed by atoms with van der Waals surface area (Å²) in [6.45, 7) is 7.06. The topological polar surface area (TPSA) is 68.2 Å². The molecule has 1 aliphatic rings. The van der Waals surface area contributed by atoms with Crippen LogP contribution in [0.2, 0.25) is 0 Å². The van der Waals surface area contributed by atoms with E-state index in [1.54, 1.807) is 0 Å². The number of hydrogen-bond acceptors (Lipinski definition) is 5. The normalized spacial score (nSPS) is 26.3. The Labute approximate surface area is 102 Å². The Morgan fingerprint density at radius 3 is 2.76 bits per heavy atom. The van der Waals surface area contributed by atoms with Gasteiger partial charge in [-0.05, 0) is 12.3 Å². The van der Waals surface area contributed by atoms with Crippen LogP contribution >= 0.6 is 0 Å². The van der Waals surface area contributed by atoms with Crippen LogP contribution in [0.4, 0.5) is 0 Å². The molecule has 2 N–H and O–H groups in total. The second-order valence-electron chi connectivity index (χ2n) is 4.80. The predicted octanol–water partition coefficient (Wildman–Crippen LogP) is 1.19. The summed E-state index contributed by atoms with van der Waals surface area (Å²) in [5, 5.41) is 8.05. The standard InChI is InChI=1S/C12H22N4O/c1-3-9-7-16(6-5-10(9)13)8-12-15-14-11(4-2)17-12/h9-10H,3-8,13H2,1-2H3. The fourth-order valence-corrected chi connectivity index (χ4v) is 2.39. The summed E-state index contributed by atoms with van der Waals surface area (Å²) in [5.74, 6) is 2.05. The van der Waals surface area contributed by atoms with Gasteiger partial charge in [0.05, 0.1) is 6.54 Å². The first-order valence-corrected chi connectivity index (χ1v) is 6.52. The van der Waals surface area contributed by atoms with E-state index in [1.165, 1.54) is 0 Å². The van der Waals surface area contributed by atoms with Crippen molar-refractivity contribution in [3.8, 4) is 0 Å². The van der Waals surface area contributed by atoms with Crippen LogP contribution < -0.4 is 5.73 Å². The molecule has 0 amide bonds. The summed E-state index contributed by atoms with van der Waals surface area (Å²) >= 11 is 0. The van der Waals surface area contributed by atoms with Crippen molar-refractivity contribution in [3.05, 3.63) is 11.8 Å². The molecule has 0 bridgehead atoms. The first kappa shape index (κ1) is 12.5. The third kappa shape index (κ3) is 3.04. The number of rotatable bonds is 4. The van der Waals surface area contributed by atoms with Gasteiger partial charge >= 0.3 is 0 Å². The number of aromatic nitrogens is 2. The molecule has 2 atom stereocenters. The molecular weight excluding hydrogens is 216 g/mol. The molecule has 1 fully saturated rings. The molecule has 0 saturated carbocycles. The quantitative estimate of drug-likeness (QED) is 0.853. The van der Waals surface area contributed by atoms with E-state index in [2.05, 4.69) is 22.0 Å². The summed E-state index contributed by atoms with van der Waals surface area (Å²) in [7, 11) is 0. The Hall–Kier alpha value is -0.940. The van der Waals surface area contributed by atoms with E-state index in [4.69, 9.17) is 10.2 Å². The summed E-state index contributed by atoms with van der Waals surface area (Å²) in [5.41, 5.74) is 6.09. The van der Waals surface area contributed by atoms with Crippen molar-refractivity contribution in [2.24, 2.45) is 11.7 Å². The Kier molecular flexibility index (Phi) is 4.12. The summed E-state index contributed by atoms with van der Waals surface area (Å²) in [4.78, 5) is 2.37. The van der Waals surface area contributed by atoms with Gasteiger partial charge in [0.15, 0.2) is 0 Å². The molecule has 17 heavy (non-hydrogen) atoms. The molecule has 2 rings (SSSR count). The molecule has 0 aliphatic carbocycles. The highest BCUT2D eigenvalue weighted by molar-refractivity contribution is 4.86. The maximum Gasteiger partial charge on any atom is 0.230 e. The number of nitrogens with zero attached hydrogens (tertiary/aromatic N) is 3. The first-order valence-electron chi connectivity index (χ1n) is 6.52. The van der Waals surface area contributed by atoms with Crippen LogP contribution in [-0.4, -0.2) is 34.2 Å². The Bertz CT molecular complexity index is 352. The Morgan fingerprint density at radius 2 is 2.12 bits per heavy atom. The van der Waals surface area contributed by atoms with Crippen molar-refractivity contribution >= 4 is 0 Å². The maximum atomic E-state index is 6.09. The molecule has 1 aromatic heterocycles.